The maximum Gasteiger partial charge on any atom is 0.278 e. The van der Waals surface area contributed by atoms with Gasteiger partial charge in [-0.1, -0.05) is 31.2 Å². The molecule has 0 saturated carbocycles. The van der Waals surface area contributed by atoms with Gasteiger partial charge in [0.25, 0.3) is 11.6 Å². The van der Waals surface area contributed by atoms with E-state index in [1.807, 2.05) is 29.2 Å². The molecule has 0 aromatic heterocycles. The van der Waals surface area contributed by atoms with Crippen molar-refractivity contribution in [2.24, 2.45) is 4.99 Å². The molecule has 122 valence electrons. The van der Waals surface area contributed by atoms with Gasteiger partial charge in [0.1, 0.15) is 5.84 Å². The van der Waals surface area contributed by atoms with Gasteiger partial charge in [-0.05, 0) is 24.1 Å². The molecule has 0 radical (unpaired) electrons. The van der Waals surface area contributed by atoms with Crippen LogP contribution in [0.5, 0.6) is 0 Å². The molecule has 6 heteroatoms. The molecule has 0 saturated heterocycles. The number of nitrogens with zero attached hydrogens (tertiary/aromatic N) is 3. The number of amides is 1. The normalized spacial score (nSPS) is 14.7. The molecular formula is C18H17N3O3. The number of anilines is 1. The lowest BCUT2D eigenvalue weighted by molar-refractivity contribution is -0.384. The minimum Gasteiger partial charge on any atom is -0.329 e. The number of hydrogen-bond donors (Lipinski definition) is 0. The van der Waals surface area contributed by atoms with Gasteiger partial charge in [0.2, 0.25) is 0 Å². The van der Waals surface area contributed by atoms with E-state index in [1.165, 1.54) is 18.2 Å². The monoisotopic (exact) mass is 323 g/mol. The molecule has 0 spiro atoms. The summed E-state index contributed by atoms with van der Waals surface area (Å²) in [5.74, 6) is 0.233. The molecule has 1 amide bonds. The minimum absolute atomic E-state index is 0.110. The lowest BCUT2D eigenvalue weighted by atomic mass is 10.1. The standard InChI is InChI=1S/C18H17N3O3/c1-2-10-20-16-9-4-3-6-13(16)12-17(20)19-18(22)14-7-5-8-15(11-14)21(23)24/h3-9,11H,2,10,12H2,1H3. The fraction of sp³-hybridized carbons (Fsp3) is 0.222. The summed E-state index contributed by atoms with van der Waals surface area (Å²) in [5, 5.41) is 10.9. The van der Waals surface area contributed by atoms with Gasteiger partial charge in [0.15, 0.2) is 0 Å². The number of benzene rings is 2. The van der Waals surface area contributed by atoms with Gasteiger partial charge in [-0.3, -0.25) is 14.9 Å². The second-order valence-corrected chi connectivity index (χ2v) is 5.60. The zero-order valence-electron chi connectivity index (χ0n) is 13.3. The average molecular weight is 323 g/mol. The summed E-state index contributed by atoms with van der Waals surface area (Å²) in [5.41, 5.74) is 2.33. The summed E-state index contributed by atoms with van der Waals surface area (Å²) in [6.45, 7) is 2.85. The number of carbonyl (C=O) groups excluding carboxylic acids is 1. The average Bonchev–Trinajstić information content (AvgIpc) is 2.93. The number of carbonyl (C=O) groups is 1. The lowest BCUT2D eigenvalue weighted by Crippen LogP contribution is -2.28. The Morgan fingerprint density at radius 3 is 2.79 bits per heavy atom. The third-order valence-corrected chi connectivity index (χ3v) is 3.92. The van der Waals surface area contributed by atoms with Gasteiger partial charge in [-0.15, -0.1) is 0 Å². The highest BCUT2D eigenvalue weighted by molar-refractivity contribution is 6.12. The van der Waals surface area contributed by atoms with Crippen molar-refractivity contribution in [2.45, 2.75) is 19.8 Å². The largest absolute Gasteiger partial charge is 0.329 e. The second kappa shape index (κ2) is 6.62. The van der Waals surface area contributed by atoms with Crippen LogP contribution in [0.2, 0.25) is 0 Å². The number of amidine groups is 1. The van der Waals surface area contributed by atoms with Crippen molar-refractivity contribution >= 4 is 23.1 Å². The predicted octanol–water partition coefficient (Wildman–Crippen LogP) is 3.61. The Bertz CT molecular complexity index is 830. The van der Waals surface area contributed by atoms with E-state index in [-0.39, 0.29) is 11.3 Å². The predicted molar refractivity (Wildman–Crippen MR) is 92.6 cm³/mol. The zero-order chi connectivity index (χ0) is 17.1. The van der Waals surface area contributed by atoms with E-state index in [4.69, 9.17) is 0 Å². The molecule has 6 nitrogen and oxygen atoms in total. The van der Waals surface area contributed by atoms with Crippen LogP contribution in [0.15, 0.2) is 53.5 Å². The van der Waals surface area contributed by atoms with Crippen LogP contribution in [0.3, 0.4) is 0 Å². The Kier molecular flexibility index (Phi) is 4.37. The summed E-state index contributed by atoms with van der Waals surface area (Å²) in [6, 6.07) is 13.6. The Balaban J connectivity index is 1.92. The van der Waals surface area contributed by atoms with E-state index < -0.39 is 10.8 Å². The molecule has 3 rings (SSSR count). The molecule has 0 N–H and O–H groups in total. The van der Waals surface area contributed by atoms with Gasteiger partial charge >= 0.3 is 0 Å². The van der Waals surface area contributed by atoms with Crippen LogP contribution in [0.1, 0.15) is 29.3 Å². The van der Waals surface area contributed by atoms with Gasteiger partial charge in [0.05, 0.1) is 4.92 Å². The molecule has 24 heavy (non-hydrogen) atoms. The summed E-state index contributed by atoms with van der Waals surface area (Å²) in [6.07, 6.45) is 1.52. The Labute approximate surface area is 139 Å². The Hall–Kier alpha value is -3.02. The van der Waals surface area contributed by atoms with Crippen LogP contribution >= 0.6 is 0 Å². The van der Waals surface area contributed by atoms with Crippen molar-refractivity contribution in [1.29, 1.82) is 0 Å². The van der Waals surface area contributed by atoms with Crippen LogP contribution in [-0.2, 0) is 6.42 Å². The summed E-state index contributed by atoms with van der Waals surface area (Å²) >= 11 is 0. The van der Waals surface area contributed by atoms with Gasteiger partial charge < -0.3 is 4.90 Å². The first kappa shape index (κ1) is 15.9. The van der Waals surface area contributed by atoms with Crippen LogP contribution < -0.4 is 4.90 Å². The number of rotatable bonds is 4. The number of para-hydroxylation sites is 1. The van der Waals surface area contributed by atoms with Crippen molar-refractivity contribution < 1.29 is 9.72 Å². The fourth-order valence-electron chi connectivity index (χ4n) is 2.84. The highest BCUT2D eigenvalue weighted by Crippen LogP contribution is 2.29. The summed E-state index contributed by atoms with van der Waals surface area (Å²) < 4.78 is 0. The highest BCUT2D eigenvalue weighted by atomic mass is 16.6. The van der Waals surface area contributed by atoms with E-state index >= 15 is 0 Å². The van der Waals surface area contributed by atoms with Crippen LogP contribution in [0, 0.1) is 10.1 Å². The topological polar surface area (TPSA) is 75.8 Å². The first-order valence-electron chi connectivity index (χ1n) is 7.82. The summed E-state index contributed by atoms with van der Waals surface area (Å²) in [4.78, 5) is 29.1. The SMILES string of the molecule is CCCN1C(=NC(=O)c2cccc([N+](=O)[O-])c2)Cc2ccccc21. The molecule has 2 aromatic carbocycles. The van der Waals surface area contributed by atoms with Crippen molar-refractivity contribution in [1.82, 2.24) is 0 Å². The van der Waals surface area contributed by atoms with E-state index in [9.17, 15) is 14.9 Å². The highest BCUT2D eigenvalue weighted by Gasteiger charge is 2.25. The number of nitro groups is 1. The molecule has 0 fully saturated rings. The molecule has 1 aliphatic heterocycles. The van der Waals surface area contributed by atoms with Gasteiger partial charge in [0, 0.05) is 36.3 Å². The number of fused-ring (bicyclic) bond motifs is 1. The van der Waals surface area contributed by atoms with Crippen molar-refractivity contribution in [3.63, 3.8) is 0 Å². The molecule has 0 bridgehead atoms. The second-order valence-electron chi connectivity index (χ2n) is 5.60. The van der Waals surface area contributed by atoms with E-state index in [0.717, 1.165) is 24.2 Å². The molecule has 0 aliphatic carbocycles. The molecule has 1 heterocycles. The minimum atomic E-state index is -0.515. The first-order valence-corrected chi connectivity index (χ1v) is 7.82. The van der Waals surface area contributed by atoms with Crippen molar-refractivity contribution in [3.8, 4) is 0 Å². The third-order valence-electron chi connectivity index (χ3n) is 3.92. The van der Waals surface area contributed by atoms with E-state index in [1.54, 1.807) is 6.07 Å². The van der Waals surface area contributed by atoms with E-state index in [2.05, 4.69) is 11.9 Å². The molecule has 1 aliphatic rings. The lowest BCUT2D eigenvalue weighted by Gasteiger charge is -2.19. The van der Waals surface area contributed by atoms with E-state index in [0.29, 0.717) is 12.3 Å². The number of hydrogen-bond acceptors (Lipinski definition) is 3. The van der Waals surface area contributed by atoms with Crippen LogP contribution in [0.4, 0.5) is 11.4 Å². The molecule has 2 aromatic rings. The molecular weight excluding hydrogens is 306 g/mol. The van der Waals surface area contributed by atoms with Crippen molar-refractivity contribution in [2.75, 3.05) is 11.4 Å². The van der Waals surface area contributed by atoms with Crippen LogP contribution in [0.25, 0.3) is 0 Å². The fourth-order valence-corrected chi connectivity index (χ4v) is 2.84. The molecule has 0 unspecified atom stereocenters. The Morgan fingerprint density at radius 2 is 2.04 bits per heavy atom. The zero-order valence-corrected chi connectivity index (χ0v) is 13.3. The smallest absolute Gasteiger partial charge is 0.278 e. The molecule has 0 atom stereocenters. The number of aliphatic imine (C=N–C) groups is 1. The van der Waals surface area contributed by atoms with Gasteiger partial charge in [-0.2, -0.15) is 4.99 Å². The first-order chi connectivity index (χ1) is 11.6. The summed E-state index contributed by atoms with van der Waals surface area (Å²) in [7, 11) is 0. The Morgan fingerprint density at radius 1 is 1.25 bits per heavy atom. The number of non-ortho nitro benzene ring substituents is 1. The van der Waals surface area contributed by atoms with Crippen molar-refractivity contribution in [3.05, 3.63) is 69.8 Å². The van der Waals surface area contributed by atoms with Crippen LogP contribution in [-0.4, -0.2) is 23.2 Å². The maximum atomic E-state index is 12.4. The number of nitro benzene ring substituents is 1. The van der Waals surface area contributed by atoms with Gasteiger partial charge in [-0.25, -0.2) is 0 Å². The maximum absolute atomic E-state index is 12.4. The third kappa shape index (κ3) is 3.03. The quantitative estimate of drug-likeness (QED) is 0.636.